The number of carbonyl (C=O) groups is 1. The van der Waals surface area contributed by atoms with Crippen molar-refractivity contribution < 1.29 is 9.53 Å². The van der Waals surface area contributed by atoms with E-state index in [2.05, 4.69) is 21.6 Å². The lowest BCUT2D eigenvalue weighted by molar-refractivity contribution is -0.118. The Morgan fingerprint density at radius 1 is 1.15 bits per heavy atom. The van der Waals surface area contributed by atoms with Gasteiger partial charge >= 0.3 is 0 Å². The van der Waals surface area contributed by atoms with Crippen molar-refractivity contribution in [2.45, 2.75) is 12.1 Å². The first kappa shape index (κ1) is 19.1. The van der Waals surface area contributed by atoms with Gasteiger partial charge in [-0.2, -0.15) is 0 Å². The zero-order chi connectivity index (χ0) is 19.1. The van der Waals surface area contributed by atoms with Crippen LogP contribution in [-0.4, -0.2) is 46.7 Å². The van der Waals surface area contributed by atoms with Gasteiger partial charge in [0.25, 0.3) is 0 Å². The van der Waals surface area contributed by atoms with Crippen molar-refractivity contribution in [1.82, 2.24) is 20.1 Å². The maximum Gasteiger partial charge on any atom is 0.230 e. The number of carbonyl (C=O) groups excluding carboxylic acids is 1. The van der Waals surface area contributed by atoms with Crippen LogP contribution in [0.15, 0.2) is 59.8 Å². The Hall–Kier alpha value is -2.64. The van der Waals surface area contributed by atoms with Gasteiger partial charge < -0.3 is 10.1 Å². The smallest absolute Gasteiger partial charge is 0.230 e. The number of ether oxygens (including phenoxy) is 1. The van der Waals surface area contributed by atoms with Gasteiger partial charge in [-0.05, 0) is 24.6 Å². The monoisotopic (exact) mass is 382 g/mol. The number of methoxy groups -OCH3 is 1. The SMILES string of the molecule is COCCNC(=O)CSc1nnc(-c2ccccc2)n1-c1cccc(C)c1. The lowest BCUT2D eigenvalue weighted by Gasteiger charge is -2.11. The van der Waals surface area contributed by atoms with E-state index in [9.17, 15) is 4.79 Å². The maximum absolute atomic E-state index is 12.0. The molecule has 0 aliphatic heterocycles. The quantitative estimate of drug-likeness (QED) is 0.479. The van der Waals surface area contributed by atoms with Crippen LogP contribution in [0.1, 0.15) is 5.56 Å². The second-order valence-corrected chi connectivity index (χ2v) is 6.92. The minimum atomic E-state index is -0.0582. The molecule has 3 rings (SSSR count). The molecule has 1 amide bonds. The average Bonchev–Trinajstić information content (AvgIpc) is 3.11. The summed E-state index contributed by atoms with van der Waals surface area (Å²) >= 11 is 1.37. The average molecular weight is 382 g/mol. The molecule has 6 nitrogen and oxygen atoms in total. The van der Waals surface area contributed by atoms with Crippen LogP contribution in [0, 0.1) is 6.92 Å². The molecule has 0 saturated carbocycles. The largest absolute Gasteiger partial charge is 0.383 e. The highest BCUT2D eigenvalue weighted by molar-refractivity contribution is 7.99. The number of aryl methyl sites for hydroxylation is 1. The van der Waals surface area contributed by atoms with Crippen molar-refractivity contribution in [1.29, 1.82) is 0 Å². The van der Waals surface area contributed by atoms with Gasteiger partial charge in [0.1, 0.15) is 0 Å². The lowest BCUT2D eigenvalue weighted by Crippen LogP contribution is -2.28. The number of amides is 1. The Labute approximate surface area is 163 Å². The van der Waals surface area contributed by atoms with E-state index in [1.54, 1.807) is 7.11 Å². The summed E-state index contributed by atoms with van der Waals surface area (Å²) in [5.41, 5.74) is 3.09. The number of hydrogen-bond donors (Lipinski definition) is 1. The first-order chi connectivity index (χ1) is 13.2. The molecule has 1 heterocycles. The molecule has 3 aromatic rings. The molecule has 0 fully saturated rings. The second kappa shape index (κ2) is 9.34. The van der Waals surface area contributed by atoms with E-state index in [1.807, 2.05) is 60.0 Å². The number of benzene rings is 2. The number of aromatic nitrogens is 3. The molecule has 1 N–H and O–H groups in total. The van der Waals surface area contributed by atoms with E-state index in [0.717, 1.165) is 22.6 Å². The second-order valence-electron chi connectivity index (χ2n) is 5.98. The minimum absolute atomic E-state index is 0.0582. The van der Waals surface area contributed by atoms with Crippen LogP contribution in [0.4, 0.5) is 0 Å². The van der Waals surface area contributed by atoms with Gasteiger partial charge in [-0.15, -0.1) is 10.2 Å². The van der Waals surface area contributed by atoms with Crippen LogP contribution in [-0.2, 0) is 9.53 Å². The van der Waals surface area contributed by atoms with Gasteiger partial charge in [0.2, 0.25) is 5.91 Å². The fraction of sp³-hybridized carbons (Fsp3) is 0.250. The summed E-state index contributed by atoms with van der Waals surface area (Å²) < 4.78 is 6.94. The van der Waals surface area contributed by atoms with Gasteiger partial charge in [-0.1, -0.05) is 54.2 Å². The highest BCUT2D eigenvalue weighted by Crippen LogP contribution is 2.28. The highest BCUT2D eigenvalue weighted by Gasteiger charge is 2.17. The fourth-order valence-electron chi connectivity index (χ4n) is 2.61. The van der Waals surface area contributed by atoms with Gasteiger partial charge in [0.05, 0.1) is 12.4 Å². The topological polar surface area (TPSA) is 69.0 Å². The number of thioether (sulfide) groups is 1. The molecule has 0 saturated heterocycles. The number of nitrogens with one attached hydrogen (secondary N) is 1. The van der Waals surface area contributed by atoms with Crippen LogP contribution in [0.25, 0.3) is 17.1 Å². The van der Waals surface area contributed by atoms with Gasteiger partial charge in [0.15, 0.2) is 11.0 Å². The predicted molar refractivity (Wildman–Crippen MR) is 107 cm³/mol. The van der Waals surface area contributed by atoms with Crippen LogP contribution in [0.5, 0.6) is 0 Å². The third-order valence-corrected chi connectivity index (χ3v) is 4.81. The van der Waals surface area contributed by atoms with E-state index >= 15 is 0 Å². The molecule has 0 atom stereocenters. The molecule has 7 heteroatoms. The van der Waals surface area contributed by atoms with E-state index in [4.69, 9.17) is 4.74 Å². The third-order valence-electron chi connectivity index (χ3n) is 3.89. The molecular formula is C20H22N4O2S. The highest BCUT2D eigenvalue weighted by atomic mass is 32.2. The standard InChI is InChI=1S/C20H22N4O2S/c1-15-7-6-10-17(13-15)24-19(16-8-4-3-5-9-16)22-23-20(24)27-14-18(25)21-11-12-26-2/h3-10,13H,11-12,14H2,1-2H3,(H,21,25). The lowest BCUT2D eigenvalue weighted by atomic mass is 10.2. The van der Waals surface area contributed by atoms with Crippen molar-refractivity contribution in [2.24, 2.45) is 0 Å². The zero-order valence-corrected chi connectivity index (χ0v) is 16.2. The molecule has 27 heavy (non-hydrogen) atoms. The fourth-order valence-corrected chi connectivity index (χ4v) is 3.39. The van der Waals surface area contributed by atoms with E-state index in [1.165, 1.54) is 11.8 Å². The Bertz CT molecular complexity index is 896. The molecule has 2 aromatic carbocycles. The minimum Gasteiger partial charge on any atom is -0.383 e. The molecule has 1 aromatic heterocycles. The van der Waals surface area contributed by atoms with Crippen molar-refractivity contribution >= 4 is 17.7 Å². The Morgan fingerprint density at radius 3 is 2.70 bits per heavy atom. The molecule has 0 unspecified atom stereocenters. The predicted octanol–water partition coefficient (Wildman–Crippen LogP) is 3.10. The summed E-state index contributed by atoms with van der Waals surface area (Å²) in [5, 5.41) is 12.2. The van der Waals surface area contributed by atoms with E-state index < -0.39 is 0 Å². The molecular weight excluding hydrogens is 360 g/mol. The van der Waals surface area contributed by atoms with Gasteiger partial charge in [-0.3, -0.25) is 9.36 Å². The van der Waals surface area contributed by atoms with Crippen LogP contribution >= 0.6 is 11.8 Å². The molecule has 0 aliphatic carbocycles. The van der Waals surface area contributed by atoms with Gasteiger partial charge in [-0.25, -0.2) is 0 Å². The molecule has 140 valence electrons. The summed E-state index contributed by atoms with van der Waals surface area (Å²) in [4.78, 5) is 12.0. The van der Waals surface area contributed by atoms with Crippen molar-refractivity contribution in [3.05, 3.63) is 60.2 Å². The Kier molecular flexibility index (Phi) is 6.62. The number of nitrogens with zero attached hydrogens (tertiary/aromatic N) is 3. The summed E-state index contributed by atoms with van der Waals surface area (Å²) in [5.74, 6) is 0.961. The van der Waals surface area contributed by atoms with Crippen molar-refractivity contribution in [2.75, 3.05) is 26.0 Å². The zero-order valence-electron chi connectivity index (χ0n) is 15.4. The van der Waals surface area contributed by atoms with Crippen LogP contribution in [0.3, 0.4) is 0 Å². The van der Waals surface area contributed by atoms with E-state index in [-0.39, 0.29) is 11.7 Å². The molecule has 0 radical (unpaired) electrons. The first-order valence-corrected chi connectivity index (χ1v) is 9.64. The Balaban J connectivity index is 1.88. The normalized spacial score (nSPS) is 10.7. The van der Waals surface area contributed by atoms with Crippen molar-refractivity contribution in [3.63, 3.8) is 0 Å². The summed E-state index contributed by atoms with van der Waals surface area (Å²) in [6, 6.07) is 18.1. The number of hydrogen-bond acceptors (Lipinski definition) is 5. The molecule has 0 spiro atoms. The molecule has 0 bridgehead atoms. The molecule has 0 aliphatic rings. The van der Waals surface area contributed by atoms with Crippen molar-refractivity contribution in [3.8, 4) is 17.1 Å². The maximum atomic E-state index is 12.0. The third kappa shape index (κ3) is 4.96. The van der Waals surface area contributed by atoms with E-state index in [0.29, 0.717) is 18.3 Å². The summed E-state index contributed by atoms with van der Waals surface area (Å²) in [6.07, 6.45) is 0. The van der Waals surface area contributed by atoms with Gasteiger partial charge in [0, 0.05) is 24.9 Å². The first-order valence-electron chi connectivity index (χ1n) is 8.65. The Morgan fingerprint density at radius 2 is 1.96 bits per heavy atom. The summed E-state index contributed by atoms with van der Waals surface area (Å²) in [7, 11) is 1.61. The van der Waals surface area contributed by atoms with Crippen LogP contribution in [0.2, 0.25) is 0 Å². The number of rotatable bonds is 8. The summed E-state index contributed by atoms with van der Waals surface area (Å²) in [6.45, 7) is 3.04. The van der Waals surface area contributed by atoms with Crippen LogP contribution < -0.4 is 5.32 Å².